The molecule has 126 valence electrons. The molecule has 0 radical (unpaired) electrons. The van der Waals surface area contributed by atoms with Crippen LogP contribution < -0.4 is 11.5 Å². The Morgan fingerprint density at radius 3 is 2.52 bits per heavy atom. The Labute approximate surface area is 144 Å². The van der Waals surface area contributed by atoms with Gasteiger partial charge in [0.25, 0.3) is 0 Å². The normalized spacial score (nSPS) is 12.3. The van der Waals surface area contributed by atoms with Gasteiger partial charge in [-0.05, 0) is 6.07 Å². The van der Waals surface area contributed by atoms with Crippen molar-refractivity contribution in [3.05, 3.63) is 46.8 Å². The zero-order valence-electron chi connectivity index (χ0n) is 12.5. The maximum absolute atomic E-state index is 13.6. The number of aromatic nitrogens is 1. The molecule has 0 aliphatic carbocycles. The first kappa shape index (κ1) is 16.7. The summed E-state index contributed by atoms with van der Waals surface area (Å²) in [6.07, 6.45) is -3.14. The summed E-state index contributed by atoms with van der Waals surface area (Å²) in [6.45, 7) is 0. The van der Waals surface area contributed by atoms with E-state index < -0.39 is 11.7 Å². The van der Waals surface area contributed by atoms with Crippen LogP contribution in [0.3, 0.4) is 0 Å². The van der Waals surface area contributed by atoms with Crippen LogP contribution in [-0.4, -0.2) is 10.8 Å². The number of hydrogen-bond donors (Lipinski definition) is 2. The molecule has 2 heterocycles. The van der Waals surface area contributed by atoms with Crippen LogP contribution in [0.4, 0.5) is 18.9 Å². The lowest BCUT2D eigenvalue weighted by atomic mass is 10.1. The van der Waals surface area contributed by atoms with E-state index in [9.17, 15) is 13.2 Å². The van der Waals surface area contributed by atoms with Gasteiger partial charge in [0.2, 0.25) is 6.19 Å². The first-order chi connectivity index (χ1) is 11.8. The number of nitrogens with zero attached hydrogens (tertiary/aromatic N) is 3. The predicted octanol–water partition coefficient (Wildman–Crippen LogP) is 3.75. The third-order valence-electron chi connectivity index (χ3n) is 3.48. The van der Waals surface area contributed by atoms with E-state index in [1.807, 2.05) is 0 Å². The Balaban J connectivity index is 2.36. The Bertz CT molecular complexity index is 1020. The number of nitrogen functional groups attached to an aromatic ring is 1. The number of aliphatic imine (C=N–C) groups is 1. The highest BCUT2D eigenvalue weighted by atomic mass is 32.1. The average Bonchev–Trinajstić information content (AvgIpc) is 2.91. The van der Waals surface area contributed by atoms with Crippen LogP contribution >= 0.6 is 11.3 Å². The fourth-order valence-electron chi connectivity index (χ4n) is 2.40. The van der Waals surface area contributed by atoms with Gasteiger partial charge in [0.15, 0.2) is 5.84 Å². The number of amidine groups is 1. The second kappa shape index (κ2) is 6.07. The minimum atomic E-state index is -4.63. The van der Waals surface area contributed by atoms with Crippen LogP contribution in [0.25, 0.3) is 21.5 Å². The number of pyridine rings is 1. The van der Waals surface area contributed by atoms with Crippen molar-refractivity contribution in [2.75, 3.05) is 5.73 Å². The van der Waals surface area contributed by atoms with Gasteiger partial charge in [0.05, 0.1) is 21.8 Å². The number of halogens is 3. The molecule has 0 atom stereocenters. The summed E-state index contributed by atoms with van der Waals surface area (Å²) in [5.41, 5.74) is 11.1. The zero-order chi connectivity index (χ0) is 18.2. The number of fused-ring (bicyclic) bond motifs is 1. The van der Waals surface area contributed by atoms with Gasteiger partial charge in [-0.2, -0.15) is 23.4 Å². The molecule has 5 nitrogen and oxygen atoms in total. The van der Waals surface area contributed by atoms with Crippen molar-refractivity contribution in [3.63, 3.8) is 0 Å². The minimum Gasteiger partial charge on any atom is -0.397 e. The van der Waals surface area contributed by atoms with E-state index >= 15 is 0 Å². The standard InChI is InChI=1S/C16H10F3N5S/c17-16(18,19)9-6-10(8-4-2-1-3-5-8)24-15-11(9)12(21)13(25-15)14(22)23-7-20/h1-6H,21H2,(H2,22,23). The van der Waals surface area contributed by atoms with Crippen molar-refractivity contribution in [2.45, 2.75) is 6.18 Å². The van der Waals surface area contributed by atoms with Gasteiger partial charge >= 0.3 is 6.18 Å². The van der Waals surface area contributed by atoms with E-state index in [1.165, 1.54) is 6.19 Å². The molecule has 25 heavy (non-hydrogen) atoms. The molecule has 0 unspecified atom stereocenters. The molecule has 0 fully saturated rings. The summed E-state index contributed by atoms with van der Waals surface area (Å²) in [5, 5.41) is 8.36. The number of hydrogen-bond acceptors (Lipinski definition) is 5. The van der Waals surface area contributed by atoms with Crippen LogP contribution in [-0.2, 0) is 6.18 Å². The molecule has 0 spiro atoms. The van der Waals surface area contributed by atoms with Gasteiger partial charge in [-0.25, -0.2) is 4.98 Å². The highest BCUT2D eigenvalue weighted by Gasteiger charge is 2.36. The fraction of sp³-hybridized carbons (Fsp3) is 0.0625. The molecule has 0 aliphatic rings. The lowest BCUT2D eigenvalue weighted by Gasteiger charge is -2.11. The predicted molar refractivity (Wildman–Crippen MR) is 90.8 cm³/mol. The number of anilines is 1. The molecule has 0 aliphatic heterocycles. The van der Waals surface area contributed by atoms with E-state index in [0.717, 1.165) is 17.4 Å². The highest BCUT2D eigenvalue weighted by molar-refractivity contribution is 7.21. The van der Waals surface area contributed by atoms with Gasteiger partial charge in [-0.1, -0.05) is 30.3 Å². The summed E-state index contributed by atoms with van der Waals surface area (Å²) < 4.78 is 40.7. The Morgan fingerprint density at radius 2 is 1.92 bits per heavy atom. The summed E-state index contributed by atoms with van der Waals surface area (Å²) in [7, 11) is 0. The van der Waals surface area contributed by atoms with Crippen molar-refractivity contribution < 1.29 is 13.2 Å². The van der Waals surface area contributed by atoms with E-state index in [-0.39, 0.29) is 32.3 Å². The third kappa shape index (κ3) is 2.99. The molecular formula is C16H10F3N5S. The van der Waals surface area contributed by atoms with E-state index in [0.29, 0.717) is 5.56 Å². The largest absolute Gasteiger partial charge is 0.417 e. The summed E-state index contributed by atoms with van der Waals surface area (Å²) >= 11 is 0.868. The molecule has 0 bridgehead atoms. The third-order valence-corrected chi connectivity index (χ3v) is 4.60. The van der Waals surface area contributed by atoms with Crippen LogP contribution in [0.1, 0.15) is 10.4 Å². The summed E-state index contributed by atoms with van der Waals surface area (Å²) in [5.74, 6) is -0.239. The molecule has 0 saturated carbocycles. The SMILES string of the molecule is N#CN=C(N)c1sc2nc(-c3ccccc3)cc(C(F)(F)F)c2c1N. The van der Waals surface area contributed by atoms with Gasteiger partial charge in [-0.15, -0.1) is 11.3 Å². The summed E-state index contributed by atoms with van der Waals surface area (Å²) in [6, 6.07) is 9.46. The summed E-state index contributed by atoms with van der Waals surface area (Å²) in [4.78, 5) is 7.81. The van der Waals surface area contributed by atoms with Crippen LogP contribution in [0.5, 0.6) is 0 Å². The number of nitrogens with two attached hydrogens (primary N) is 2. The fourth-order valence-corrected chi connectivity index (χ4v) is 3.42. The van der Waals surface area contributed by atoms with Gasteiger partial charge in [0.1, 0.15) is 4.83 Å². The molecule has 3 rings (SSSR count). The van der Waals surface area contributed by atoms with Crippen LogP contribution in [0.2, 0.25) is 0 Å². The van der Waals surface area contributed by atoms with Crippen molar-refractivity contribution in [2.24, 2.45) is 10.7 Å². The molecule has 1 aromatic carbocycles. The van der Waals surface area contributed by atoms with E-state index in [1.54, 1.807) is 30.3 Å². The number of benzene rings is 1. The number of thiophene rings is 1. The van der Waals surface area contributed by atoms with Crippen molar-refractivity contribution >= 4 is 33.1 Å². The first-order valence-corrected chi connectivity index (χ1v) is 7.73. The van der Waals surface area contributed by atoms with Crippen molar-refractivity contribution in [1.82, 2.24) is 4.98 Å². The van der Waals surface area contributed by atoms with Gasteiger partial charge < -0.3 is 11.5 Å². The van der Waals surface area contributed by atoms with Gasteiger partial charge in [0, 0.05) is 10.9 Å². The van der Waals surface area contributed by atoms with Gasteiger partial charge in [-0.3, -0.25) is 0 Å². The maximum atomic E-state index is 13.6. The quantitative estimate of drug-likeness (QED) is 0.412. The second-order valence-electron chi connectivity index (χ2n) is 5.04. The first-order valence-electron chi connectivity index (χ1n) is 6.91. The van der Waals surface area contributed by atoms with E-state index in [4.69, 9.17) is 16.7 Å². The molecule has 4 N–H and O–H groups in total. The number of nitriles is 1. The monoisotopic (exact) mass is 361 g/mol. The lowest BCUT2D eigenvalue weighted by Crippen LogP contribution is -2.13. The minimum absolute atomic E-state index is 0.0808. The number of rotatable bonds is 2. The zero-order valence-corrected chi connectivity index (χ0v) is 13.3. The second-order valence-corrected chi connectivity index (χ2v) is 6.04. The van der Waals surface area contributed by atoms with Crippen molar-refractivity contribution in [3.8, 4) is 17.5 Å². The molecule has 3 aromatic rings. The molecule has 0 saturated heterocycles. The topological polar surface area (TPSA) is 101 Å². The highest BCUT2D eigenvalue weighted by Crippen LogP contribution is 2.43. The smallest absolute Gasteiger partial charge is 0.397 e. The average molecular weight is 361 g/mol. The molecular weight excluding hydrogens is 351 g/mol. The van der Waals surface area contributed by atoms with Crippen LogP contribution in [0.15, 0.2) is 41.4 Å². The van der Waals surface area contributed by atoms with Crippen molar-refractivity contribution in [1.29, 1.82) is 5.26 Å². The Morgan fingerprint density at radius 1 is 1.24 bits per heavy atom. The molecule has 0 amide bonds. The van der Waals surface area contributed by atoms with E-state index in [2.05, 4.69) is 9.98 Å². The Hall–Kier alpha value is -3.12. The lowest BCUT2D eigenvalue weighted by molar-refractivity contribution is -0.136. The van der Waals surface area contributed by atoms with Crippen LogP contribution in [0, 0.1) is 11.5 Å². The maximum Gasteiger partial charge on any atom is 0.417 e. The number of alkyl halides is 3. The molecule has 2 aromatic heterocycles. The Kier molecular flexibility index (Phi) is 4.06. The molecule has 9 heteroatoms.